The number of carbonyl (C=O) groups excluding carboxylic acids is 1. The van der Waals surface area contributed by atoms with Crippen molar-refractivity contribution in [3.63, 3.8) is 0 Å². The predicted molar refractivity (Wildman–Crippen MR) is 105 cm³/mol. The van der Waals surface area contributed by atoms with Crippen molar-refractivity contribution in [3.8, 4) is 17.0 Å². The number of methoxy groups -OCH3 is 1. The van der Waals surface area contributed by atoms with Crippen molar-refractivity contribution in [1.82, 2.24) is 4.98 Å². The number of rotatable bonds is 4. The molecule has 2 unspecified atom stereocenters. The number of carbonyl (C=O) groups is 1. The Kier molecular flexibility index (Phi) is 6.81. The van der Waals surface area contributed by atoms with Gasteiger partial charge in [0.05, 0.1) is 12.8 Å². The molecule has 3 N–H and O–H groups in total. The minimum absolute atomic E-state index is 0. The zero-order valence-electron chi connectivity index (χ0n) is 14.5. The van der Waals surface area contributed by atoms with Crippen LogP contribution in [0.2, 0.25) is 0 Å². The van der Waals surface area contributed by atoms with Crippen LogP contribution in [-0.2, 0) is 4.79 Å². The van der Waals surface area contributed by atoms with Gasteiger partial charge in [0.25, 0.3) is 0 Å². The Labute approximate surface area is 158 Å². The zero-order chi connectivity index (χ0) is 17.1. The van der Waals surface area contributed by atoms with Crippen molar-refractivity contribution in [1.29, 1.82) is 0 Å². The molecular weight excluding hydrogens is 358 g/mol. The molecule has 1 saturated carbocycles. The van der Waals surface area contributed by atoms with Gasteiger partial charge in [-0.2, -0.15) is 0 Å². The first-order valence-electron chi connectivity index (χ1n) is 8.24. The third kappa shape index (κ3) is 4.71. The lowest BCUT2D eigenvalue weighted by Gasteiger charge is -2.25. The highest BCUT2D eigenvalue weighted by molar-refractivity contribution is 7.14. The van der Waals surface area contributed by atoms with Crippen LogP contribution < -0.4 is 15.8 Å². The number of hydrogen-bond acceptors (Lipinski definition) is 5. The first-order valence-corrected chi connectivity index (χ1v) is 9.11. The van der Waals surface area contributed by atoms with E-state index in [1.807, 2.05) is 30.5 Å². The highest BCUT2D eigenvalue weighted by atomic mass is 35.5. The Morgan fingerprint density at radius 2 is 2.20 bits per heavy atom. The lowest BCUT2D eigenvalue weighted by molar-refractivity contribution is -0.120. The summed E-state index contributed by atoms with van der Waals surface area (Å²) in [7, 11) is 1.65. The number of benzene rings is 1. The van der Waals surface area contributed by atoms with E-state index in [-0.39, 0.29) is 30.3 Å². The van der Waals surface area contributed by atoms with E-state index in [1.165, 1.54) is 11.3 Å². The van der Waals surface area contributed by atoms with Crippen LogP contribution in [0, 0.1) is 12.8 Å². The molecule has 2 atom stereocenters. The maximum absolute atomic E-state index is 12.4. The molecule has 3 rings (SSSR count). The summed E-state index contributed by atoms with van der Waals surface area (Å²) in [5.41, 5.74) is 8.87. The fourth-order valence-corrected chi connectivity index (χ4v) is 3.86. The van der Waals surface area contributed by atoms with E-state index in [0.29, 0.717) is 5.13 Å². The Morgan fingerprint density at radius 3 is 2.92 bits per heavy atom. The van der Waals surface area contributed by atoms with E-state index in [0.717, 1.165) is 48.3 Å². The topological polar surface area (TPSA) is 77.2 Å². The van der Waals surface area contributed by atoms with Gasteiger partial charge in [-0.3, -0.25) is 4.79 Å². The van der Waals surface area contributed by atoms with Gasteiger partial charge in [0.2, 0.25) is 5.91 Å². The quantitative estimate of drug-likeness (QED) is 0.838. The number of ether oxygens (including phenoxy) is 1. The molecule has 1 aromatic carbocycles. The Balaban J connectivity index is 0.00000225. The summed E-state index contributed by atoms with van der Waals surface area (Å²) in [6.07, 6.45) is 3.69. The molecule has 0 bridgehead atoms. The van der Waals surface area contributed by atoms with E-state index in [9.17, 15) is 4.79 Å². The summed E-state index contributed by atoms with van der Waals surface area (Å²) in [5, 5.41) is 5.51. The van der Waals surface area contributed by atoms with Crippen molar-refractivity contribution in [2.45, 2.75) is 38.6 Å². The molecule has 1 aliphatic carbocycles. The van der Waals surface area contributed by atoms with Gasteiger partial charge in [-0.1, -0.05) is 18.1 Å². The number of anilines is 1. The minimum Gasteiger partial charge on any atom is -0.496 e. The summed E-state index contributed by atoms with van der Waals surface area (Å²) >= 11 is 1.43. The molecule has 25 heavy (non-hydrogen) atoms. The molecular formula is C18H24ClN3O2S. The number of halogens is 1. The van der Waals surface area contributed by atoms with E-state index in [1.54, 1.807) is 7.11 Å². The van der Waals surface area contributed by atoms with Crippen LogP contribution in [0.4, 0.5) is 5.13 Å². The van der Waals surface area contributed by atoms with Crippen molar-refractivity contribution < 1.29 is 9.53 Å². The van der Waals surface area contributed by atoms with Gasteiger partial charge in [-0.05, 0) is 38.3 Å². The summed E-state index contributed by atoms with van der Waals surface area (Å²) in [4.78, 5) is 17.0. The second-order valence-corrected chi connectivity index (χ2v) is 7.21. The number of nitrogens with two attached hydrogens (primary N) is 1. The third-order valence-electron chi connectivity index (χ3n) is 4.45. The number of aryl methyl sites for hydroxylation is 1. The fourth-order valence-electron chi connectivity index (χ4n) is 3.15. The number of hydrogen-bond donors (Lipinski definition) is 2. The lowest BCUT2D eigenvalue weighted by Crippen LogP contribution is -2.34. The summed E-state index contributed by atoms with van der Waals surface area (Å²) < 4.78 is 5.42. The monoisotopic (exact) mass is 381 g/mol. The summed E-state index contributed by atoms with van der Waals surface area (Å²) in [6, 6.07) is 6.12. The van der Waals surface area contributed by atoms with Gasteiger partial charge in [-0.25, -0.2) is 4.98 Å². The van der Waals surface area contributed by atoms with Crippen molar-refractivity contribution >= 4 is 34.8 Å². The van der Waals surface area contributed by atoms with Crippen LogP contribution in [0.1, 0.15) is 31.2 Å². The van der Waals surface area contributed by atoms with E-state index >= 15 is 0 Å². The number of aromatic nitrogens is 1. The maximum Gasteiger partial charge on any atom is 0.229 e. The van der Waals surface area contributed by atoms with Crippen LogP contribution in [-0.4, -0.2) is 24.0 Å². The molecule has 0 saturated heterocycles. The second-order valence-electron chi connectivity index (χ2n) is 6.35. The van der Waals surface area contributed by atoms with Crippen LogP contribution in [0.3, 0.4) is 0 Å². The smallest absolute Gasteiger partial charge is 0.229 e. The Morgan fingerprint density at radius 1 is 1.40 bits per heavy atom. The number of thiazole rings is 1. The molecule has 7 heteroatoms. The molecule has 2 aromatic rings. The normalized spacial score (nSPS) is 19.8. The molecule has 1 aliphatic rings. The minimum atomic E-state index is -0.00499. The van der Waals surface area contributed by atoms with Gasteiger partial charge in [-0.15, -0.1) is 23.7 Å². The molecule has 5 nitrogen and oxygen atoms in total. The zero-order valence-corrected chi connectivity index (χ0v) is 16.1. The van der Waals surface area contributed by atoms with Crippen LogP contribution in [0.5, 0.6) is 5.75 Å². The van der Waals surface area contributed by atoms with Crippen LogP contribution in [0.25, 0.3) is 11.3 Å². The molecule has 1 amide bonds. The largest absolute Gasteiger partial charge is 0.496 e. The first-order chi connectivity index (χ1) is 11.6. The van der Waals surface area contributed by atoms with Gasteiger partial charge in [0, 0.05) is 22.9 Å². The maximum atomic E-state index is 12.4. The SMILES string of the molecule is COc1ccc(C)cc1-c1csc(NC(=O)C2CCCC(N)C2)n1.Cl. The van der Waals surface area contributed by atoms with E-state index in [2.05, 4.69) is 10.3 Å². The number of amides is 1. The summed E-state index contributed by atoms with van der Waals surface area (Å²) in [5.74, 6) is 0.805. The number of nitrogens with one attached hydrogen (secondary N) is 1. The second kappa shape index (κ2) is 8.65. The molecule has 0 radical (unpaired) electrons. The molecule has 1 aromatic heterocycles. The van der Waals surface area contributed by atoms with Gasteiger partial charge in [0.15, 0.2) is 5.13 Å². The first kappa shape index (κ1) is 19.7. The van der Waals surface area contributed by atoms with Crippen molar-refractivity contribution in [2.75, 3.05) is 12.4 Å². The highest BCUT2D eigenvalue weighted by Gasteiger charge is 2.26. The highest BCUT2D eigenvalue weighted by Crippen LogP contribution is 2.33. The average Bonchev–Trinajstić information content (AvgIpc) is 3.03. The van der Waals surface area contributed by atoms with Gasteiger partial charge < -0.3 is 15.8 Å². The Bertz CT molecular complexity index is 735. The number of nitrogens with zero attached hydrogens (tertiary/aromatic N) is 1. The lowest BCUT2D eigenvalue weighted by atomic mass is 9.86. The average molecular weight is 382 g/mol. The van der Waals surface area contributed by atoms with E-state index < -0.39 is 0 Å². The van der Waals surface area contributed by atoms with Crippen molar-refractivity contribution in [2.24, 2.45) is 11.7 Å². The van der Waals surface area contributed by atoms with E-state index in [4.69, 9.17) is 10.5 Å². The molecule has 0 spiro atoms. The summed E-state index contributed by atoms with van der Waals surface area (Å²) in [6.45, 7) is 2.03. The van der Waals surface area contributed by atoms with Crippen LogP contribution in [0.15, 0.2) is 23.6 Å². The standard InChI is InChI=1S/C18H23N3O2S.ClH/c1-11-6-7-16(23-2)14(8-11)15-10-24-18(20-15)21-17(22)12-4-3-5-13(19)9-12;/h6-8,10,12-13H,3-5,9,19H2,1-2H3,(H,20,21,22);1H. The molecule has 0 aliphatic heterocycles. The van der Waals surface area contributed by atoms with Crippen LogP contribution >= 0.6 is 23.7 Å². The van der Waals surface area contributed by atoms with Gasteiger partial charge >= 0.3 is 0 Å². The third-order valence-corrected chi connectivity index (χ3v) is 5.21. The van der Waals surface area contributed by atoms with Gasteiger partial charge in [0.1, 0.15) is 5.75 Å². The molecule has 1 fully saturated rings. The fraction of sp³-hybridized carbons (Fsp3) is 0.444. The Hall–Kier alpha value is -1.63. The molecule has 136 valence electrons. The molecule has 1 heterocycles. The predicted octanol–water partition coefficient (Wildman–Crippen LogP) is 4.00. The van der Waals surface area contributed by atoms with Crippen molar-refractivity contribution in [3.05, 3.63) is 29.1 Å².